The topological polar surface area (TPSA) is 37.2 Å². The second-order valence-corrected chi connectivity index (χ2v) is 7.52. The molecule has 0 aromatic rings. The fraction of sp³-hybridized carbons (Fsp3) is 0.875. The highest BCUT2D eigenvalue weighted by Crippen LogP contribution is 2.60. The van der Waals surface area contributed by atoms with Crippen LogP contribution in [0.5, 0.6) is 0 Å². The van der Waals surface area contributed by atoms with Gasteiger partial charge in [-0.05, 0) is 56.3 Å². The predicted molar refractivity (Wildman–Crippen MR) is 80.0 cm³/mol. The molecule has 4 fully saturated rings. The number of likely N-dealkylation sites (N-methyl/N-ethyl adjacent to an activating group) is 1. The summed E-state index contributed by atoms with van der Waals surface area (Å²) in [5, 5.41) is 4.04. The lowest BCUT2D eigenvalue weighted by Gasteiger charge is -2.56. The van der Waals surface area contributed by atoms with Crippen LogP contribution in [-0.4, -0.2) is 43.7 Å². The van der Waals surface area contributed by atoms with E-state index >= 15 is 0 Å². The van der Waals surface area contributed by atoms with Crippen molar-refractivity contribution in [2.45, 2.75) is 38.5 Å². The highest BCUT2D eigenvalue weighted by Gasteiger charge is 2.51. The molecular weight excluding hydrogens is 250 g/mol. The molecule has 1 aliphatic heterocycles. The lowest BCUT2D eigenvalue weighted by Crippen LogP contribution is -2.48. The van der Waals surface area contributed by atoms with Crippen LogP contribution in [0.2, 0.25) is 0 Å². The summed E-state index contributed by atoms with van der Waals surface area (Å²) in [5.41, 5.74) is 0.363. The van der Waals surface area contributed by atoms with Crippen LogP contribution in [0.25, 0.3) is 0 Å². The molecule has 110 valence electrons. The van der Waals surface area contributed by atoms with Crippen LogP contribution in [0.3, 0.4) is 0 Å². The smallest absolute Gasteiger partial charge is 0.145 e. The fourth-order valence-corrected chi connectivity index (χ4v) is 5.36. The minimum atomic E-state index is 0.180. The van der Waals surface area contributed by atoms with Gasteiger partial charge >= 0.3 is 0 Å². The molecule has 0 atom stereocenters. The molecule has 0 N–H and O–H groups in total. The molecule has 0 saturated heterocycles. The van der Waals surface area contributed by atoms with Crippen LogP contribution in [0, 0.1) is 23.2 Å². The van der Waals surface area contributed by atoms with E-state index < -0.39 is 0 Å². The molecule has 0 aromatic carbocycles. The minimum absolute atomic E-state index is 0.180. The maximum absolute atomic E-state index is 7.99. The number of nitrogens with zero attached hydrogens (tertiary/aromatic N) is 3. The summed E-state index contributed by atoms with van der Waals surface area (Å²) in [6.45, 7) is 2.34. The van der Waals surface area contributed by atoms with Gasteiger partial charge in [0.25, 0.3) is 0 Å². The van der Waals surface area contributed by atoms with Crippen LogP contribution < -0.4 is 0 Å². The summed E-state index contributed by atoms with van der Waals surface area (Å²) in [6, 6.07) is 0. The third kappa shape index (κ3) is 2.23. The first kappa shape index (κ1) is 11.6. The molecule has 0 amide bonds. The first-order chi connectivity index (χ1) is 10.1. The maximum atomic E-state index is 7.99. The Balaban J connectivity index is 1.39. The Morgan fingerprint density at radius 1 is 1.35 bits per heavy atom. The fourth-order valence-electron chi connectivity index (χ4n) is 5.36. The van der Waals surface area contributed by atoms with E-state index in [2.05, 4.69) is 10.1 Å². The van der Waals surface area contributed by atoms with Crippen LogP contribution in [0.15, 0.2) is 10.1 Å². The molecule has 4 heteroatoms. The third-order valence-corrected chi connectivity index (χ3v) is 5.80. The van der Waals surface area contributed by atoms with Crippen LogP contribution in [0.4, 0.5) is 0 Å². The van der Waals surface area contributed by atoms with E-state index in [0.717, 1.165) is 30.8 Å². The van der Waals surface area contributed by atoms with Gasteiger partial charge in [-0.1, -0.05) is 5.16 Å². The molecule has 20 heavy (non-hydrogen) atoms. The Bertz CT molecular complexity index is 453. The van der Waals surface area contributed by atoms with Crippen molar-refractivity contribution in [2.24, 2.45) is 33.3 Å². The van der Waals surface area contributed by atoms with Gasteiger partial charge in [-0.15, -0.1) is 0 Å². The summed E-state index contributed by atoms with van der Waals surface area (Å²) < 4.78 is 7.99. The van der Waals surface area contributed by atoms with E-state index in [0.29, 0.717) is 17.9 Å². The standard InChI is InChI=1S/C16H25N3O/c1-19-3-2-17-15(19)10-18-20-11-16-7-12-4-13(8-16)6-14(5-12)9-16/h10,12-14H,2-9,11H2,1H3/i10T. The minimum Gasteiger partial charge on any atom is -0.395 e. The number of amidine groups is 1. The number of hydrogen-bond acceptors (Lipinski definition) is 4. The van der Waals surface area contributed by atoms with Gasteiger partial charge in [-0.25, -0.2) is 0 Å². The largest absolute Gasteiger partial charge is 0.395 e. The molecule has 4 saturated carbocycles. The zero-order valence-electron chi connectivity index (χ0n) is 13.3. The van der Waals surface area contributed by atoms with Crippen molar-refractivity contribution in [3.8, 4) is 0 Å². The Labute approximate surface area is 122 Å². The molecule has 4 aliphatic carbocycles. The molecule has 4 nitrogen and oxygen atoms in total. The SMILES string of the molecule is [3H]C(=NOCC12CC3CC(CC(C3)C1)C2)C1=NCCN1C. The second-order valence-electron chi connectivity index (χ2n) is 7.52. The van der Waals surface area contributed by atoms with Gasteiger partial charge in [-0.2, -0.15) is 0 Å². The first-order valence-electron chi connectivity index (χ1n) is 8.56. The van der Waals surface area contributed by atoms with Gasteiger partial charge in [0.15, 0.2) is 0 Å². The summed E-state index contributed by atoms with van der Waals surface area (Å²) in [4.78, 5) is 11.9. The van der Waals surface area contributed by atoms with Crippen LogP contribution in [0.1, 0.15) is 39.9 Å². The van der Waals surface area contributed by atoms with E-state index in [1.165, 1.54) is 38.5 Å². The first-order valence-corrected chi connectivity index (χ1v) is 8.06. The molecule has 5 rings (SSSR count). The van der Waals surface area contributed by atoms with E-state index in [1.807, 2.05) is 11.9 Å². The molecule has 0 spiro atoms. The Morgan fingerprint density at radius 2 is 2.00 bits per heavy atom. The van der Waals surface area contributed by atoms with Crippen molar-refractivity contribution >= 4 is 12.0 Å². The molecule has 0 unspecified atom stereocenters. The summed E-state index contributed by atoms with van der Waals surface area (Å²) in [6.07, 6.45) is 8.50. The predicted octanol–water partition coefficient (Wildman–Crippen LogP) is 2.55. The lowest BCUT2D eigenvalue weighted by molar-refractivity contribution is -0.0956. The summed E-state index contributed by atoms with van der Waals surface area (Å²) in [5.74, 6) is 3.47. The van der Waals surface area contributed by atoms with Crippen molar-refractivity contribution in [3.63, 3.8) is 0 Å². The molecule has 1 heterocycles. The molecule has 0 aromatic heterocycles. The summed E-state index contributed by atoms with van der Waals surface area (Å²) in [7, 11) is 1.95. The third-order valence-electron chi connectivity index (χ3n) is 5.80. The Morgan fingerprint density at radius 3 is 2.55 bits per heavy atom. The van der Waals surface area contributed by atoms with Gasteiger partial charge in [0.2, 0.25) is 0 Å². The van der Waals surface area contributed by atoms with E-state index in [1.54, 1.807) is 0 Å². The van der Waals surface area contributed by atoms with E-state index in [4.69, 9.17) is 6.21 Å². The molecule has 5 aliphatic rings. The highest BCUT2D eigenvalue weighted by molar-refractivity contribution is 6.29. The number of oxime groups is 1. The van der Waals surface area contributed by atoms with E-state index in [-0.39, 0.29) is 6.19 Å². The summed E-state index contributed by atoms with van der Waals surface area (Å²) >= 11 is 0. The lowest BCUT2D eigenvalue weighted by atomic mass is 9.50. The van der Waals surface area contributed by atoms with Crippen LogP contribution in [-0.2, 0) is 4.84 Å². The van der Waals surface area contributed by atoms with Crippen molar-refractivity contribution in [1.82, 2.24) is 4.90 Å². The number of hydrogen-bond donors (Lipinski definition) is 0. The maximum Gasteiger partial charge on any atom is 0.145 e. The second kappa shape index (κ2) is 4.74. The van der Waals surface area contributed by atoms with Crippen molar-refractivity contribution in [1.29, 1.82) is 0 Å². The van der Waals surface area contributed by atoms with Gasteiger partial charge in [-0.3, -0.25) is 4.99 Å². The van der Waals surface area contributed by atoms with Crippen molar-refractivity contribution in [3.05, 3.63) is 0 Å². The Kier molecular flexibility index (Phi) is 2.75. The van der Waals surface area contributed by atoms with Crippen molar-refractivity contribution < 1.29 is 6.21 Å². The monoisotopic (exact) mass is 277 g/mol. The van der Waals surface area contributed by atoms with Crippen LogP contribution >= 0.6 is 0 Å². The Hall–Kier alpha value is -1.06. The molecular formula is C16H25N3O. The highest BCUT2D eigenvalue weighted by atomic mass is 16.6. The van der Waals surface area contributed by atoms with Gasteiger partial charge < -0.3 is 9.74 Å². The van der Waals surface area contributed by atoms with Gasteiger partial charge in [0, 0.05) is 19.0 Å². The van der Waals surface area contributed by atoms with E-state index in [9.17, 15) is 0 Å². The zero-order valence-corrected chi connectivity index (χ0v) is 12.3. The average Bonchev–Trinajstić information content (AvgIpc) is 2.83. The molecule has 0 radical (unpaired) electrons. The number of aliphatic imine (C=N–C) groups is 1. The number of rotatable bonds is 4. The average molecular weight is 277 g/mol. The van der Waals surface area contributed by atoms with Crippen molar-refractivity contribution in [2.75, 3.05) is 26.7 Å². The normalized spacial score (nSPS) is 43.8. The quantitative estimate of drug-likeness (QED) is 0.585. The zero-order chi connectivity index (χ0) is 14.4. The molecule has 4 bridgehead atoms. The van der Waals surface area contributed by atoms with Gasteiger partial charge in [0.1, 0.15) is 18.6 Å². The van der Waals surface area contributed by atoms with Gasteiger partial charge in [0.05, 0.1) is 7.92 Å².